The summed E-state index contributed by atoms with van der Waals surface area (Å²) in [6.45, 7) is 5.83. The second kappa shape index (κ2) is 8.62. The molecule has 0 spiro atoms. The minimum Gasteiger partial charge on any atom is -0.350 e. The highest BCUT2D eigenvalue weighted by Gasteiger charge is 2.29. The van der Waals surface area contributed by atoms with Crippen molar-refractivity contribution in [3.05, 3.63) is 35.8 Å². The quantitative estimate of drug-likeness (QED) is 0.805. The summed E-state index contributed by atoms with van der Waals surface area (Å²) in [5, 5.41) is 6.87. The third kappa shape index (κ3) is 4.39. The fourth-order valence-corrected chi connectivity index (χ4v) is 4.74. The predicted molar refractivity (Wildman–Crippen MR) is 111 cm³/mol. The molecule has 0 radical (unpaired) electrons. The first-order valence-electron chi connectivity index (χ1n) is 10.8. The number of fused-ring (bicyclic) bond motifs is 3. The highest BCUT2D eigenvalue weighted by atomic mass is 16.1. The van der Waals surface area contributed by atoms with Gasteiger partial charge in [-0.25, -0.2) is 4.98 Å². The van der Waals surface area contributed by atoms with Crippen LogP contribution >= 0.6 is 0 Å². The van der Waals surface area contributed by atoms with Gasteiger partial charge >= 0.3 is 0 Å². The zero-order valence-electron chi connectivity index (χ0n) is 17.2. The van der Waals surface area contributed by atoms with Crippen molar-refractivity contribution in [2.45, 2.75) is 51.6 Å². The smallest absolute Gasteiger partial charge is 0.268 e. The summed E-state index contributed by atoms with van der Waals surface area (Å²) in [7, 11) is 2.08. The number of nitrogens with zero attached hydrogens (tertiary/aromatic N) is 3. The zero-order valence-corrected chi connectivity index (χ0v) is 17.2. The van der Waals surface area contributed by atoms with Crippen molar-refractivity contribution < 1.29 is 4.79 Å². The summed E-state index contributed by atoms with van der Waals surface area (Å²) in [5.41, 5.74) is 2.49. The van der Waals surface area contributed by atoms with Gasteiger partial charge in [0.15, 0.2) is 0 Å². The molecule has 2 N–H and O–H groups in total. The Bertz CT molecular complexity index is 816. The Labute approximate surface area is 167 Å². The lowest BCUT2D eigenvalue weighted by atomic mass is 9.86. The number of carbonyl (C=O) groups excluding carboxylic acids is 1. The molecule has 2 aromatic heterocycles. The summed E-state index contributed by atoms with van der Waals surface area (Å²) in [6, 6.07) is 6.41. The normalized spacial score (nSPS) is 25.0. The van der Waals surface area contributed by atoms with Gasteiger partial charge in [-0.15, -0.1) is 0 Å². The summed E-state index contributed by atoms with van der Waals surface area (Å²) in [6.07, 6.45) is 8.32. The number of nitrogens with one attached hydrogen (secondary N) is 2. The second-order valence-electron chi connectivity index (χ2n) is 8.65. The fourth-order valence-electron chi connectivity index (χ4n) is 4.74. The lowest BCUT2D eigenvalue weighted by Crippen LogP contribution is -2.34. The van der Waals surface area contributed by atoms with Crippen LogP contribution in [-0.2, 0) is 6.54 Å². The van der Waals surface area contributed by atoms with E-state index in [9.17, 15) is 4.79 Å². The van der Waals surface area contributed by atoms with Crippen molar-refractivity contribution in [3.8, 4) is 0 Å². The standard InChI is InChI=1S/C22H33N5O/c1-3-26(2)14-19-15-27-20(8-5-9-21(27)25-19)22(28)24-13-17-7-4-6-16-10-18(11-17)23-12-16/h5,8-9,15-18,23H,3-4,6-7,10-14H2,1-2H3,(H,24,28). The Kier molecular flexibility index (Phi) is 5.97. The van der Waals surface area contributed by atoms with Crippen LogP contribution in [0.15, 0.2) is 24.4 Å². The molecule has 1 amide bonds. The number of rotatable bonds is 6. The van der Waals surface area contributed by atoms with Crippen LogP contribution in [0.3, 0.4) is 0 Å². The van der Waals surface area contributed by atoms with Gasteiger partial charge in [-0.3, -0.25) is 9.20 Å². The number of imidazole rings is 1. The molecule has 3 heterocycles. The Balaban J connectivity index is 1.42. The molecule has 1 aliphatic carbocycles. The summed E-state index contributed by atoms with van der Waals surface area (Å²) >= 11 is 0. The van der Waals surface area contributed by atoms with Crippen LogP contribution in [0.25, 0.3) is 5.65 Å². The molecule has 1 saturated carbocycles. The van der Waals surface area contributed by atoms with Crippen molar-refractivity contribution in [1.82, 2.24) is 24.9 Å². The van der Waals surface area contributed by atoms with E-state index in [1.54, 1.807) is 0 Å². The number of carbonyl (C=O) groups is 1. The fraction of sp³-hybridized carbons (Fsp3) is 0.636. The van der Waals surface area contributed by atoms with E-state index in [-0.39, 0.29) is 5.91 Å². The number of hydrogen-bond acceptors (Lipinski definition) is 4. The first-order chi connectivity index (χ1) is 13.6. The van der Waals surface area contributed by atoms with E-state index in [2.05, 4.69) is 34.5 Å². The maximum absolute atomic E-state index is 12.9. The topological polar surface area (TPSA) is 61.7 Å². The molecule has 1 aliphatic heterocycles. The summed E-state index contributed by atoms with van der Waals surface area (Å²) in [5.74, 6) is 1.44. The average Bonchev–Trinajstić information content (AvgIpc) is 3.30. The molecule has 28 heavy (non-hydrogen) atoms. The van der Waals surface area contributed by atoms with Crippen LogP contribution in [0.4, 0.5) is 0 Å². The van der Waals surface area contributed by atoms with Gasteiger partial charge in [-0.1, -0.05) is 19.4 Å². The van der Waals surface area contributed by atoms with Crippen LogP contribution in [0, 0.1) is 11.8 Å². The van der Waals surface area contributed by atoms with Gasteiger partial charge in [0.25, 0.3) is 5.91 Å². The number of hydrogen-bond donors (Lipinski definition) is 2. The van der Waals surface area contributed by atoms with Gasteiger partial charge in [0.2, 0.25) is 0 Å². The van der Waals surface area contributed by atoms with E-state index < -0.39 is 0 Å². The molecule has 0 aromatic carbocycles. The van der Waals surface area contributed by atoms with E-state index in [1.165, 1.54) is 38.6 Å². The monoisotopic (exact) mass is 383 g/mol. The lowest BCUT2D eigenvalue weighted by molar-refractivity contribution is 0.0937. The molecule has 6 nitrogen and oxygen atoms in total. The summed E-state index contributed by atoms with van der Waals surface area (Å²) < 4.78 is 1.93. The van der Waals surface area contributed by atoms with Gasteiger partial charge in [0.1, 0.15) is 11.3 Å². The van der Waals surface area contributed by atoms with Gasteiger partial charge in [0, 0.05) is 25.3 Å². The van der Waals surface area contributed by atoms with Crippen molar-refractivity contribution >= 4 is 11.6 Å². The van der Waals surface area contributed by atoms with E-state index >= 15 is 0 Å². The van der Waals surface area contributed by atoms with E-state index in [4.69, 9.17) is 0 Å². The molecule has 2 bridgehead atoms. The molecular weight excluding hydrogens is 350 g/mol. The largest absolute Gasteiger partial charge is 0.350 e. The highest BCUT2D eigenvalue weighted by Crippen LogP contribution is 2.29. The summed E-state index contributed by atoms with van der Waals surface area (Å²) in [4.78, 5) is 19.8. The van der Waals surface area contributed by atoms with Crippen molar-refractivity contribution in [1.29, 1.82) is 0 Å². The predicted octanol–water partition coefficient (Wildman–Crippen LogP) is 2.68. The third-order valence-corrected chi connectivity index (χ3v) is 6.45. The maximum atomic E-state index is 12.9. The molecule has 2 aliphatic rings. The number of pyridine rings is 1. The molecule has 152 valence electrons. The molecule has 1 saturated heterocycles. The van der Waals surface area contributed by atoms with Crippen molar-refractivity contribution in [2.75, 3.05) is 26.7 Å². The van der Waals surface area contributed by atoms with Crippen LogP contribution in [0.1, 0.15) is 55.2 Å². The minimum atomic E-state index is -0.00212. The molecule has 2 fully saturated rings. The Morgan fingerprint density at radius 2 is 2.25 bits per heavy atom. The van der Waals surface area contributed by atoms with Crippen molar-refractivity contribution in [2.24, 2.45) is 11.8 Å². The zero-order chi connectivity index (χ0) is 19.5. The number of aromatic nitrogens is 2. The van der Waals surface area contributed by atoms with E-state index in [0.29, 0.717) is 17.7 Å². The van der Waals surface area contributed by atoms with Crippen LogP contribution in [0.2, 0.25) is 0 Å². The van der Waals surface area contributed by atoms with E-state index in [1.807, 2.05) is 28.8 Å². The molecular formula is C22H33N5O. The first-order valence-corrected chi connectivity index (χ1v) is 10.8. The first kappa shape index (κ1) is 19.4. The van der Waals surface area contributed by atoms with Crippen LogP contribution < -0.4 is 10.6 Å². The second-order valence-corrected chi connectivity index (χ2v) is 8.65. The van der Waals surface area contributed by atoms with E-state index in [0.717, 1.165) is 36.9 Å². The minimum absolute atomic E-state index is 0.00212. The van der Waals surface area contributed by atoms with Crippen LogP contribution in [-0.4, -0.2) is 52.9 Å². The van der Waals surface area contributed by atoms with Gasteiger partial charge < -0.3 is 15.5 Å². The number of amides is 1. The Hall–Kier alpha value is -1.92. The van der Waals surface area contributed by atoms with Gasteiger partial charge in [0.05, 0.1) is 5.69 Å². The third-order valence-electron chi connectivity index (χ3n) is 6.45. The van der Waals surface area contributed by atoms with Crippen molar-refractivity contribution in [3.63, 3.8) is 0 Å². The molecule has 3 atom stereocenters. The van der Waals surface area contributed by atoms with Gasteiger partial charge in [-0.05, 0) is 69.8 Å². The lowest BCUT2D eigenvalue weighted by Gasteiger charge is -2.24. The molecule has 4 rings (SSSR count). The molecule has 3 unspecified atom stereocenters. The average molecular weight is 384 g/mol. The van der Waals surface area contributed by atoms with Gasteiger partial charge in [-0.2, -0.15) is 0 Å². The highest BCUT2D eigenvalue weighted by molar-refractivity contribution is 5.93. The molecule has 2 aromatic rings. The maximum Gasteiger partial charge on any atom is 0.268 e. The Morgan fingerprint density at radius 3 is 3.11 bits per heavy atom. The Morgan fingerprint density at radius 1 is 1.36 bits per heavy atom. The molecule has 6 heteroatoms. The SMILES string of the molecule is CCN(C)Cc1cn2c(C(=O)NCC3CCCC4CNC(C3)C4)cccc2n1. The van der Waals surface area contributed by atoms with Crippen LogP contribution in [0.5, 0.6) is 0 Å².